The molecule has 6 nitrogen and oxygen atoms in total. The van der Waals surface area contributed by atoms with Crippen LogP contribution in [0.25, 0.3) is 0 Å². The number of amidine groups is 1. The predicted octanol–water partition coefficient (Wildman–Crippen LogP) is 4.18. The van der Waals surface area contributed by atoms with Crippen molar-refractivity contribution in [2.45, 2.75) is 44.4 Å². The number of hydrogen-bond donors (Lipinski definition) is 2. The van der Waals surface area contributed by atoms with E-state index in [1.165, 1.54) is 11.1 Å². The average Bonchev–Trinajstić information content (AvgIpc) is 3.21. The first-order valence-corrected chi connectivity index (χ1v) is 10.4. The van der Waals surface area contributed by atoms with Crippen LogP contribution in [0.2, 0.25) is 0 Å². The van der Waals surface area contributed by atoms with Crippen LogP contribution in [0, 0.1) is 5.92 Å². The summed E-state index contributed by atoms with van der Waals surface area (Å²) in [5.74, 6) is -0.155. The minimum absolute atomic E-state index is 0.189. The van der Waals surface area contributed by atoms with Gasteiger partial charge in [0.1, 0.15) is 5.84 Å². The maximum absolute atomic E-state index is 12.6. The van der Waals surface area contributed by atoms with Crippen molar-refractivity contribution in [3.05, 3.63) is 71.3 Å². The molecule has 0 unspecified atom stereocenters. The van der Waals surface area contributed by atoms with Gasteiger partial charge in [0.25, 0.3) is 5.91 Å². The Kier molecular flexibility index (Phi) is 6.02. The molecule has 154 valence electrons. The molecule has 2 aromatic rings. The molecule has 0 saturated heterocycles. The molecule has 1 saturated carbocycles. The summed E-state index contributed by atoms with van der Waals surface area (Å²) in [5, 5.41) is 20.3. The Morgan fingerprint density at radius 1 is 0.933 bits per heavy atom. The molecule has 0 radical (unpaired) electrons. The molecule has 4 rings (SSSR count). The minimum atomic E-state index is -0.689. The van der Waals surface area contributed by atoms with Crippen LogP contribution in [0.3, 0.4) is 0 Å². The van der Waals surface area contributed by atoms with Gasteiger partial charge in [-0.05, 0) is 54.9 Å². The third kappa shape index (κ3) is 4.82. The van der Waals surface area contributed by atoms with E-state index >= 15 is 0 Å². The molecule has 0 atom stereocenters. The van der Waals surface area contributed by atoms with E-state index in [0.717, 1.165) is 25.0 Å². The van der Waals surface area contributed by atoms with Gasteiger partial charge in [-0.1, -0.05) is 42.5 Å². The maximum Gasteiger partial charge on any atom is 0.306 e. The van der Waals surface area contributed by atoms with Crippen molar-refractivity contribution in [1.29, 1.82) is 0 Å². The van der Waals surface area contributed by atoms with Gasteiger partial charge >= 0.3 is 5.97 Å². The molecule has 0 aromatic heterocycles. The van der Waals surface area contributed by atoms with Crippen LogP contribution in [-0.2, 0) is 11.2 Å². The van der Waals surface area contributed by atoms with E-state index in [2.05, 4.69) is 27.7 Å². The summed E-state index contributed by atoms with van der Waals surface area (Å²) in [6, 6.07) is 17.7. The van der Waals surface area contributed by atoms with E-state index in [4.69, 9.17) is 5.11 Å². The van der Waals surface area contributed by atoms with Crippen molar-refractivity contribution in [2.75, 3.05) is 0 Å². The number of hydrogen-bond acceptors (Lipinski definition) is 4. The number of carboxylic acids is 1. The van der Waals surface area contributed by atoms with Gasteiger partial charge in [-0.3, -0.25) is 9.59 Å². The fourth-order valence-corrected chi connectivity index (χ4v) is 4.18. The molecule has 30 heavy (non-hydrogen) atoms. The summed E-state index contributed by atoms with van der Waals surface area (Å²) >= 11 is 0. The smallest absolute Gasteiger partial charge is 0.306 e. The van der Waals surface area contributed by atoms with E-state index in [9.17, 15) is 9.59 Å². The van der Waals surface area contributed by atoms with Crippen molar-refractivity contribution in [2.24, 2.45) is 16.1 Å². The fraction of sp³-hybridized carbons (Fsp3) is 0.333. The van der Waals surface area contributed by atoms with Crippen molar-refractivity contribution in [3.8, 4) is 0 Å². The first kappa shape index (κ1) is 20.0. The summed E-state index contributed by atoms with van der Waals surface area (Å²) in [6.07, 6.45) is 4.45. The molecule has 2 aliphatic rings. The Labute approximate surface area is 175 Å². The number of carboxylic acid groups (broad SMARTS) is 1. The number of amides is 1. The highest BCUT2D eigenvalue weighted by Crippen LogP contribution is 2.35. The Morgan fingerprint density at radius 2 is 1.63 bits per heavy atom. The molecule has 0 bridgehead atoms. The van der Waals surface area contributed by atoms with Gasteiger partial charge in [0.2, 0.25) is 0 Å². The summed E-state index contributed by atoms with van der Waals surface area (Å²) < 4.78 is 0. The lowest BCUT2D eigenvalue weighted by Gasteiger charge is -2.26. The molecule has 2 N–H and O–H groups in total. The lowest BCUT2D eigenvalue weighted by molar-refractivity contribution is -0.142. The molecule has 1 aliphatic carbocycles. The lowest BCUT2D eigenvalue weighted by atomic mass is 9.78. The Hall–Kier alpha value is -3.28. The minimum Gasteiger partial charge on any atom is -0.481 e. The molecular formula is C24H25N3O3. The van der Waals surface area contributed by atoms with E-state index < -0.39 is 5.97 Å². The van der Waals surface area contributed by atoms with Gasteiger partial charge in [-0.15, -0.1) is 5.10 Å². The molecule has 6 heteroatoms. The highest BCUT2D eigenvalue weighted by molar-refractivity contribution is 6.14. The van der Waals surface area contributed by atoms with Gasteiger partial charge in [0.15, 0.2) is 0 Å². The average molecular weight is 403 g/mol. The van der Waals surface area contributed by atoms with E-state index in [-0.39, 0.29) is 11.8 Å². The van der Waals surface area contributed by atoms with Gasteiger partial charge < -0.3 is 10.4 Å². The third-order valence-electron chi connectivity index (χ3n) is 5.91. The number of rotatable bonds is 5. The Balaban J connectivity index is 1.28. The molecule has 1 amide bonds. The third-order valence-corrected chi connectivity index (χ3v) is 5.91. The molecule has 0 spiro atoms. The Bertz CT molecular complexity index is 973. The largest absolute Gasteiger partial charge is 0.481 e. The normalized spacial score (nSPS) is 20.9. The highest BCUT2D eigenvalue weighted by Gasteiger charge is 2.26. The predicted molar refractivity (Wildman–Crippen MR) is 116 cm³/mol. The van der Waals surface area contributed by atoms with Crippen LogP contribution < -0.4 is 5.32 Å². The van der Waals surface area contributed by atoms with E-state index in [1.807, 2.05) is 42.5 Å². The van der Waals surface area contributed by atoms with Gasteiger partial charge in [-0.25, -0.2) is 0 Å². The SMILES string of the molecule is O=C(NC1=NN=C(Cc2ccccc2)C1)c1ccc(C2CCC(C(=O)O)CC2)cc1. The summed E-state index contributed by atoms with van der Waals surface area (Å²) in [6.45, 7) is 0. The number of carbonyl (C=O) groups is 2. The second-order valence-corrected chi connectivity index (χ2v) is 8.01. The highest BCUT2D eigenvalue weighted by atomic mass is 16.4. The first-order valence-electron chi connectivity index (χ1n) is 10.4. The Morgan fingerprint density at radius 3 is 2.30 bits per heavy atom. The number of benzene rings is 2. The van der Waals surface area contributed by atoms with Crippen molar-refractivity contribution >= 4 is 23.4 Å². The second-order valence-electron chi connectivity index (χ2n) is 8.01. The zero-order valence-corrected chi connectivity index (χ0v) is 16.8. The van der Waals surface area contributed by atoms with Crippen molar-refractivity contribution in [1.82, 2.24) is 5.32 Å². The molecule has 1 heterocycles. The standard InChI is InChI=1S/C24H25N3O3/c28-23(25-22-15-21(26-27-22)14-16-4-2-1-3-5-16)19-10-6-17(7-11-19)18-8-12-20(13-9-18)24(29)30/h1-7,10-11,18,20H,8-9,12-15H2,(H,29,30)(H,25,27,28). The maximum atomic E-state index is 12.6. The van der Waals surface area contributed by atoms with Crippen LogP contribution in [0.1, 0.15) is 59.5 Å². The summed E-state index contributed by atoms with van der Waals surface area (Å²) in [4.78, 5) is 23.7. The second kappa shape index (κ2) is 9.03. The fourth-order valence-electron chi connectivity index (χ4n) is 4.18. The van der Waals surface area contributed by atoms with Crippen LogP contribution >= 0.6 is 0 Å². The molecule has 1 aliphatic heterocycles. The van der Waals surface area contributed by atoms with Gasteiger partial charge in [-0.2, -0.15) is 5.10 Å². The lowest BCUT2D eigenvalue weighted by Crippen LogP contribution is -2.30. The van der Waals surface area contributed by atoms with Crippen LogP contribution in [0.4, 0.5) is 0 Å². The first-order chi connectivity index (χ1) is 14.6. The molecule has 2 aromatic carbocycles. The number of aliphatic carboxylic acids is 1. The topological polar surface area (TPSA) is 91.1 Å². The summed E-state index contributed by atoms with van der Waals surface area (Å²) in [5.41, 5.74) is 3.86. The van der Waals surface area contributed by atoms with Crippen LogP contribution in [0.15, 0.2) is 64.8 Å². The molecule has 1 fully saturated rings. The van der Waals surface area contributed by atoms with E-state index in [1.54, 1.807) is 0 Å². The van der Waals surface area contributed by atoms with Crippen LogP contribution in [-0.4, -0.2) is 28.5 Å². The van der Waals surface area contributed by atoms with Gasteiger partial charge in [0.05, 0.1) is 11.6 Å². The van der Waals surface area contributed by atoms with Crippen molar-refractivity contribution in [3.63, 3.8) is 0 Å². The number of carbonyl (C=O) groups excluding carboxylic acids is 1. The van der Waals surface area contributed by atoms with Crippen molar-refractivity contribution < 1.29 is 14.7 Å². The number of nitrogens with zero attached hydrogens (tertiary/aromatic N) is 2. The zero-order chi connectivity index (χ0) is 20.9. The van der Waals surface area contributed by atoms with Crippen LogP contribution in [0.5, 0.6) is 0 Å². The summed E-state index contributed by atoms with van der Waals surface area (Å²) in [7, 11) is 0. The van der Waals surface area contributed by atoms with E-state index in [0.29, 0.717) is 36.6 Å². The van der Waals surface area contributed by atoms with Gasteiger partial charge in [0, 0.05) is 18.4 Å². The zero-order valence-electron chi connectivity index (χ0n) is 16.8. The quantitative estimate of drug-likeness (QED) is 0.785. The molecular weight excluding hydrogens is 378 g/mol. The monoisotopic (exact) mass is 403 g/mol. The number of nitrogens with one attached hydrogen (secondary N) is 1.